The Morgan fingerprint density at radius 3 is 2.31 bits per heavy atom. The molecule has 0 saturated carbocycles. The third kappa shape index (κ3) is 4.97. The van der Waals surface area contributed by atoms with Gasteiger partial charge in [-0.1, -0.05) is 23.7 Å². The van der Waals surface area contributed by atoms with E-state index in [1.807, 2.05) is 12.1 Å². The number of benzene rings is 1. The van der Waals surface area contributed by atoms with E-state index in [4.69, 9.17) is 11.6 Å². The van der Waals surface area contributed by atoms with Crippen LogP contribution in [-0.4, -0.2) is 17.2 Å². The first-order valence-corrected chi connectivity index (χ1v) is 5.95. The van der Waals surface area contributed by atoms with Crippen LogP contribution in [0.5, 0.6) is 0 Å². The van der Waals surface area contributed by atoms with Crippen LogP contribution in [0.15, 0.2) is 24.3 Å². The summed E-state index contributed by atoms with van der Waals surface area (Å²) in [4.78, 5) is 0. The van der Waals surface area contributed by atoms with Crippen LogP contribution in [0.2, 0.25) is 5.02 Å². The SMILES string of the molecule is CC(C)(C)NCC[C@@H](O)c1ccc(Cl)cc1. The van der Waals surface area contributed by atoms with Crippen molar-refractivity contribution in [3.63, 3.8) is 0 Å². The molecule has 0 saturated heterocycles. The predicted octanol–water partition coefficient (Wildman–Crippen LogP) is 3.15. The van der Waals surface area contributed by atoms with Gasteiger partial charge < -0.3 is 10.4 Å². The molecule has 0 unspecified atom stereocenters. The van der Waals surface area contributed by atoms with Crippen molar-refractivity contribution in [2.24, 2.45) is 0 Å². The van der Waals surface area contributed by atoms with E-state index in [1.54, 1.807) is 12.1 Å². The molecule has 0 radical (unpaired) electrons. The monoisotopic (exact) mass is 241 g/mol. The second-order valence-corrected chi connectivity index (χ2v) is 5.47. The smallest absolute Gasteiger partial charge is 0.0802 e. The zero-order valence-corrected chi connectivity index (χ0v) is 10.9. The number of halogens is 1. The molecule has 0 fully saturated rings. The number of nitrogens with one attached hydrogen (secondary N) is 1. The maximum absolute atomic E-state index is 9.93. The van der Waals surface area contributed by atoms with Crippen LogP contribution in [0.3, 0.4) is 0 Å². The van der Waals surface area contributed by atoms with Gasteiger partial charge >= 0.3 is 0 Å². The molecule has 1 aromatic carbocycles. The lowest BCUT2D eigenvalue weighted by Gasteiger charge is -2.21. The Bertz CT molecular complexity index is 316. The van der Waals surface area contributed by atoms with Crippen LogP contribution in [0.1, 0.15) is 38.9 Å². The van der Waals surface area contributed by atoms with Crippen LogP contribution in [-0.2, 0) is 0 Å². The maximum Gasteiger partial charge on any atom is 0.0802 e. The molecule has 0 spiro atoms. The zero-order chi connectivity index (χ0) is 12.2. The normalized spacial score (nSPS) is 13.8. The van der Waals surface area contributed by atoms with Crippen molar-refractivity contribution in [1.29, 1.82) is 0 Å². The fraction of sp³-hybridized carbons (Fsp3) is 0.538. The van der Waals surface area contributed by atoms with Gasteiger partial charge in [-0.15, -0.1) is 0 Å². The average Bonchev–Trinajstić information content (AvgIpc) is 2.16. The summed E-state index contributed by atoms with van der Waals surface area (Å²) in [7, 11) is 0. The van der Waals surface area contributed by atoms with Crippen molar-refractivity contribution >= 4 is 11.6 Å². The zero-order valence-electron chi connectivity index (χ0n) is 10.1. The molecular formula is C13H20ClNO. The van der Waals surface area contributed by atoms with Crippen LogP contribution in [0.4, 0.5) is 0 Å². The van der Waals surface area contributed by atoms with Gasteiger partial charge in [0, 0.05) is 10.6 Å². The number of aliphatic hydroxyl groups is 1. The fourth-order valence-corrected chi connectivity index (χ4v) is 1.56. The van der Waals surface area contributed by atoms with E-state index in [2.05, 4.69) is 26.1 Å². The van der Waals surface area contributed by atoms with E-state index < -0.39 is 6.10 Å². The first kappa shape index (κ1) is 13.5. The first-order chi connectivity index (χ1) is 7.38. The summed E-state index contributed by atoms with van der Waals surface area (Å²) >= 11 is 5.79. The lowest BCUT2D eigenvalue weighted by atomic mass is 10.1. The molecule has 90 valence electrons. The molecule has 2 N–H and O–H groups in total. The highest BCUT2D eigenvalue weighted by Gasteiger charge is 2.11. The van der Waals surface area contributed by atoms with Crippen LogP contribution in [0, 0.1) is 0 Å². The molecule has 0 amide bonds. The topological polar surface area (TPSA) is 32.3 Å². The number of aliphatic hydroxyl groups excluding tert-OH is 1. The predicted molar refractivity (Wildman–Crippen MR) is 68.8 cm³/mol. The van der Waals surface area contributed by atoms with Gasteiger partial charge in [-0.3, -0.25) is 0 Å². The minimum Gasteiger partial charge on any atom is -0.388 e. The average molecular weight is 242 g/mol. The third-order valence-corrected chi connectivity index (χ3v) is 2.58. The summed E-state index contributed by atoms with van der Waals surface area (Å²) in [5.41, 5.74) is 1.01. The minimum absolute atomic E-state index is 0.0969. The van der Waals surface area contributed by atoms with Gasteiger partial charge in [0.2, 0.25) is 0 Å². The molecule has 1 rings (SSSR count). The van der Waals surface area contributed by atoms with Crippen molar-refractivity contribution in [3.05, 3.63) is 34.9 Å². The van der Waals surface area contributed by atoms with Crippen LogP contribution < -0.4 is 5.32 Å². The summed E-state index contributed by atoms with van der Waals surface area (Å²) in [6.07, 6.45) is 0.283. The van der Waals surface area contributed by atoms with Crippen molar-refractivity contribution in [1.82, 2.24) is 5.32 Å². The highest BCUT2D eigenvalue weighted by molar-refractivity contribution is 6.30. The number of rotatable bonds is 4. The summed E-state index contributed by atoms with van der Waals surface area (Å²) in [5.74, 6) is 0. The molecule has 1 atom stereocenters. The van der Waals surface area contributed by atoms with Crippen molar-refractivity contribution in [2.45, 2.75) is 38.8 Å². The number of hydrogen-bond acceptors (Lipinski definition) is 2. The van der Waals surface area contributed by atoms with Crippen molar-refractivity contribution in [3.8, 4) is 0 Å². The van der Waals surface area contributed by atoms with Gasteiger partial charge in [0.15, 0.2) is 0 Å². The van der Waals surface area contributed by atoms with E-state index in [0.29, 0.717) is 11.4 Å². The Morgan fingerprint density at radius 2 is 1.81 bits per heavy atom. The maximum atomic E-state index is 9.93. The molecule has 0 aliphatic rings. The molecule has 0 bridgehead atoms. The highest BCUT2D eigenvalue weighted by atomic mass is 35.5. The Hall–Kier alpha value is -0.570. The van der Waals surface area contributed by atoms with Crippen LogP contribution >= 0.6 is 11.6 Å². The standard InChI is InChI=1S/C13H20ClNO/c1-13(2,3)15-9-8-12(16)10-4-6-11(14)7-5-10/h4-7,12,15-16H,8-9H2,1-3H3/t12-/m1/s1. The van der Waals surface area contributed by atoms with Gasteiger partial charge in [-0.2, -0.15) is 0 Å². The van der Waals surface area contributed by atoms with Crippen molar-refractivity contribution in [2.75, 3.05) is 6.54 Å². The van der Waals surface area contributed by atoms with Gasteiger partial charge in [-0.05, 0) is 51.4 Å². The molecule has 2 nitrogen and oxygen atoms in total. The summed E-state index contributed by atoms with van der Waals surface area (Å²) < 4.78 is 0. The number of hydrogen-bond donors (Lipinski definition) is 2. The van der Waals surface area contributed by atoms with Gasteiger partial charge in [-0.25, -0.2) is 0 Å². The molecule has 3 heteroatoms. The quantitative estimate of drug-likeness (QED) is 0.849. The second kappa shape index (κ2) is 5.67. The molecule has 0 aromatic heterocycles. The Balaban J connectivity index is 2.41. The Labute approximate surface area is 103 Å². The first-order valence-electron chi connectivity index (χ1n) is 5.57. The fourth-order valence-electron chi connectivity index (χ4n) is 1.44. The highest BCUT2D eigenvalue weighted by Crippen LogP contribution is 2.18. The van der Waals surface area contributed by atoms with E-state index in [9.17, 15) is 5.11 Å². The third-order valence-electron chi connectivity index (χ3n) is 2.33. The van der Waals surface area contributed by atoms with E-state index in [0.717, 1.165) is 12.1 Å². The molecule has 0 aliphatic heterocycles. The van der Waals surface area contributed by atoms with Gasteiger partial charge in [0.25, 0.3) is 0 Å². The Kier molecular flexibility index (Phi) is 4.78. The van der Waals surface area contributed by atoms with E-state index >= 15 is 0 Å². The molecule has 0 heterocycles. The van der Waals surface area contributed by atoms with Gasteiger partial charge in [0.1, 0.15) is 0 Å². The molecular weight excluding hydrogens is 222 g/mol. The van der Waals surface area contributed by atoms with E-state index in [-0.39, 0.29) is 5.54 Å². The van der Waals surface area contributed by atoms with Crippen molar-refractivity contribution < 1.29 is 5.11 Å². The second-order valence-electron chi connectivity index (χ2n) is 5.03. The Morgan fingerprint density at radius 1 is 1.25 bits per heavy atom. The van der Waals surface area contributed by atoms with Crippen LogP contribution in [0.25, 0.3) is 0 Å². The minimum atomic E-state index is -0.424. The molecule has 16 heavy (non-hydrogen) atoms. The lowest BCUT2D eigenvalue weighted by molar-refractivity contribution is 0.163. The summed E-state index contributed by atoms with van der Waals surface area (Å²) in [5, 5.41) is 14.0. The molecule has 0 aliphatic carbocycles. The largest absolute Gasteiger partial charge is 0.388 e. The molecule has 1 aromatic rings. The summed E-state index contributed by atoms with van der Waals surface area (Å²) in [6.45, 7) is 7.14. The van der Waals surface area contributed by atoms with E-state index in [1.165, 1.54) is 0 Å². The van der Waals surface area contributed by atoms with Gasteiger partial charge in [0.05, 0.1) is 6.10 Å². The lowest BCUT2D eigenvalue weighted by Crippen LogP contribution is -2.36. The summed E-state index contributed by atoms with van der Waals surface area (Å²) in [6, 6.07) is 7.34.